The molecule has 0 radical (unpaired) electrons. The van der Waals surface area contributed by atoms with Crippen molar-refractivity contribution in [3.8, 4) is 5.75 Å². The third kappa shape index (κ3) is 4.71. The van der Waals surface area contributed by atoms with Gasteiger partial charge < -0.3 is 4.74 Å². The molecule has 1 aliphatic heterocycles. The van der Waals surface area contributed by atoms with Gasteiger partial charge in [-0.2, -0.15) is 0 Å². The van der Waals surface area contributed by atoms with Crippen LogP contribution in [0.25, 0.3) is 0 Å². The van der Waals surface area contributed by atoms with E-state index in [9.17, 15) is 0 Å². The van der Waals surface area contributed by atoms with Crippen LogP contribution in [0.4, 0.5) is 0 Å². The van der Waals surface area contributed by atoms with Gasteiger partial charge in [-0.1, -0.05) is 31.9 Å². The zero-order valence-corrected chi connectivity index (χ0v) is 14.8. The minimum absolute atomic E-state index is 0.737. The molecule has 0 amide bonds. The van der Waals surface area contributed by atoms with Gasteiger partial charge >= 0.3 is 0 Å². The molecule has 0 bridgehead atoms. The van der Waals surface area contributed by atoms with E-state index in [1.54, 1.807) is 0 Å². The fourth-order valence-corrected chi connectivity index (χ4v) is 4.14. The van der Waals surface area contributed by atoms with Crippen LogP contribution < -0.4 is 4.74 Å². The van der Waals surface area contributed by atoms with Gasteiger partial charge in [0.25, 0.3) is 0 Å². The number of benzene rings is 1. The first-order chi connectivity index (χ1) is 11.2. The molecule has 0 aromatic heterocycles. The molecular formula is C20H32N2O. The predicted molar refractivity (Wildman–Crippen MR) is 95.9 cm³/mol. The first-order valence-electron chi connectivity index (χ1n) is 9.42. The Morgan fingerprint density at radius 3 is 2.43 bits per heavy atom. The second-order valence-corrected chi connectivity index (χ2v) is 7.31. The summed E-state index contributed by atoms with van der Waals surface area (Å²) in [5.41, 5.74) is 1.40. The number of ether oxygens (including phenoxy) is 1. The van der Waals surface area contributed by atoms with Crippen LogP contribution in [-0.4, -0.2) is 48.6 Å². The Balaban J connectivity index is 1.45. The lowest BCUT2D eigenvalue weighted by Crippen LogP contribution is -2.50. The van der Waals surface area contributed by atoms with E-state index in [0.717, 1.165) is 30.9 Å². The van der Waals surface area contributed by atoms with Crippen LogP contribution >= 0.6 is 0 Å². The van der Waals surface area contributed by atoms with E-state index in [4.69, 9.17) is 4.74 Å². The summed E-state index contributed by atoms with van der Waals surface area (Å²) < 4.78 is 5.52. The van der Waals surface area contributed by atoms with Crippen LogP contribution in [0.15, 0.2) is 24.3 Å². The molecule has 2 atom stereocenters. The molecule has 2 fully saturated rings. The van der Waals surface area contributed by atoms with Gasteiger partial charge in [-0.3, -0.25) is 9.80 Å². The van der Waals surface area contributed by atoms with E-state index in [2.05, 4.69) is 41.0 Å². The molecule has 0 N–H and O–H groups in total. The van der Waals surface area contributed by atoms with Crippen LogP contribution in [-0.2, 0) is 6.54 Å². The van der Waals surface area contributed by atoms with Crippen molar-refractivity contribution in [2.24, 2.45) is 5.92 Å². The van der Waals surface area contributed by atoms with Gasteiger partial charge in [0.2, 0.25) is 0 Å². The van der Waals surface area contributed by atoms with E-state index in [-0.39, 0.29) is 0 Å². The lowest BCUT2D eigenvalue weighted by atomic mass is 9.86. The van der Waals surface area contributed by atoms with Gasteiger partial charge in [0, 0.05) is 38.8 Å². The Kier molecular flexibility index (Phi) is 5.96. The molecule has 2 aliphatic rings. The molecule has 1 saturated carbocycles. The summed E-state index contributed by atoms with van der Waals surface area (Å²) in [4.78, 5) is 5.35. The molecule has 128 valence electrons. The summed E-state index contributed by atoms with van der Waals surface area (Å²) in [5.74, 6) is 1.91. The van der Waals surface area contributed by atoms with Crippen molar-refractivity contribution < 1.29 is 4.74 Å². The van der Waals surface area contributed by atoms with Crippen molar-refractivity contribution in [3.63, 3.8) is 0 Å². The maximum Gasteiger partial charge on any atom is 0.119 e. The van der Waals surface area contributed by atoms with Crippen molar-refractivity contribution in [1.29, 1.82) is 0 Å². The number of hydrogen-bond donors (Lipinski definition) is 0. The minimum atomic E-state index is 0.737. The smallest absolute Gasteiger partial charge is 0.119 e. The van der Waals surface area contributed by atoms with E-state index in [1.807, 2.05) is 6.92 Å². The van der Waals surface area contributed by atoms with E-state index >= 15 is 0 Å². The normalized spacial score (nSPS) is 27.0. The first kappa shape index (κ1) is 16.8. The van der Waals surface area contributed by atoms with Crippen LogP contribution in [0.1, 0.15) is 45.1 Å². The number of piperazine rings is 1. The third-order valence-corrected chi connectivity index (χ3v) is 5.47. The third-order valence-electron chi connectivity index (χ3n) is 5.47. The fraction of sp³-hybridized carbons (Fsp3) is 0.700. The summed E-state index contributed by atoms with van der Waals surface area (Å²) in [6.07, 6.45) is 5.70. The summed E-state index contributed by atoms with van der Waals surface area (Å²) in [5, 5.41) is 0. The molecule has 3 heteroatoms. The summed E-state index contributed by atoms with van der Waals surface area (Å²) >= 11 is 0. The molecule has 0 unspecified atom stereocenters. The topological polar surface area (TPSA) is 15.7 Å². The standard InChI is InChI=1S/C20H32N2O/c1-3-23-20-9-7-18(8-10-20)16-21-11-13-22(14-12-21)19-6-4-5-17(2)15-19/h7-10,17,19H,3-6,11-16H2,1-2H3/t17-,19+/m0/s1. The summed E-state index contributed by atoms with van der Waals surface area (Å²) in [7, 11) is 0. The largest absolute Gasteiger partial charge is 0.494 e. The SMILES string of the molecule is CCOc1ccc(CN2CCN([C@@H]3CCC[C@H](C)C3)CC2)cc1. The molecule has 1 saturated heterocycles. The van der Waals surface area contributed by atoms with Crippen LogP contribution in [0.3, 0.4) is 0 Å². The predicted octanol–water partition coefficient (Wildman–Crippen LogP) is 3.78. The maximum absolute atomic E-state index is 5.52. The summed E-state index contributed by atoms with van der Waals surface area (Å²) in [6.45, 7) is 11.2. The quantitative estimate of drug-likeness (QED) is 0.822. The number of hydrogen-bond acceptors (Lipinski definition) is 3. The Morgan fingerprint density at radius 2 is 1.78 bits per heavy atom. The molecule has 1 aromatic carbocycles. The number of rotatable bonds is 5. The molecule has 3 rings (SSSR count). The van der Waals surface area contributed by atoms with Gasteiger partial charge in [-0.25, -0.2) is 0 Å². The maximum atomic E-state index is 5.52. The zero-order valence-electron chi connectivity index (χ0n) is 14.8. The van der Waals surface area contributed by atoms with E-state index < -0.39 is 0 Å². The first-order valence-corrected chi connectivity index (χ1v) is 9.42. The van der Waals surface area contributed by atoms with E-state index in [1.165, 1.54) is 57.4 Å². The Hall–Kier alpha value is -1.06. The zero-order chi connectivity index (χ0) is 16.1. The van der Waals surface area contributed by atoms with E-state index in [0.29, 0.717) is 0 Å². The van der Waals surface area contributed by atoms with Gasteiger partial charge in [0.05, 0.1) is 6.61 Å². The second kappa shape index (κ2) is 8.16. The van der Waals surface area contributed by atoms with Gasteiger partial charge in [0.15, 0.2) is 0 Å². The highest BCUT2D eigenvalue weighted by atomic mass is 16.5. The van der Waals surface area contributed by atoms with Crippen molar-refractivity contribution >= 4 is 0 Å². The van der Waals surface area contributed by atoms with Crippen molar-refractivity contribution in [3.05, 3.63) is 29.8 Å². The Bertz CT molecular complexity index is 465. The molecule has 3 nitrogen and oxygen atoms in total. The molecular weight excluding hydrogens is 284 g/mol. The van der Waals surface area contributed by atoms with Gasteiger partial charge in [-0.15, -0.1) is 0 Å². The molecule has 23 heavy (non-hydrogen) atoms. The lowest BCUT2D eigenvalue weighted by Gasteiger charge is -2.42. The highest BCUT2D eigenvalue weighted by molar-refractivity contribution is 5.27. The lowest BCUT2D eigenvalue weighted by molar-refractivity contribution is 0.0659. The molecule has 0 spiro atoms. The molecule has 1 heterocycles. The molecule has 1 aromatic rings. The fourth-order valence-electron chi connectivity index (χ4n) is 4.14. The Labute approximate surface area is 141 Å². The van der Waals surface area contributed by atoms with Crippen LogP contribution in [0.2, 0.25) is 0 Å². The van der Waals surface area contributed by atoms with Crippen LogP contribution in [0, 0.1) is 5.92 Å². The highest BCUT2D eigenvalue weighted by Gasteiger charge is 2.27. The average molecular weight is 316 g/mol. The molecule has 1 aliphatic carbocycles. The van der Waals surface area contributed by atoms with Gasteiger partial charge in [-0.05, 0) is 43.4 Å². The van der Waals surface area contributed by atoms with Gasteiger partial charge in [0.1, 0.15) is 5.75 Å². The van der Waals surface area contributed by atoms with Crippen molar-refractivity contribution in [2.75, 3.05) is 32.8 Å². The van der Waals surface area contributed by atoms with Crippen molar-refractivity contribution in [2.45, 2.75) is 52.1 Å². The van der Waals surface area contributed by atoms with Crippen molar-refractivity contribution in [1.82, 2.24) is 9.80 Å². The second-order valence-electron chi connectivity index (χ2n) is 7.31. The van der Waals surface area contributed by atoms with Crippen LogP contribution in [0.5, 0.6) is 5.75 Å². The Morgan fingerprint density at radius 1 is 1.04 bits per heavy atom. The monoisotopic (exact) mass is 316 g/mol. The summed E-state index contributed by atoms with van der Waals surface area (Å²) in [6, 6.07) is 9.46. The average Bonchev–Trinajstić information content (AvgIpc) is 2.58. The minimum Gasteiger partial charge on any atom is -0.494 e. The number of nitrogens with zero attached hydrogens (tertiary/aromatic N) is 2. The highest BCUT2D eigenvalue weighted by Crippen LogP contribution is 2.28.